The lowest BCUT2D eigenvalue weighted by atomic mass is 10.2. The number of hydrogen-bond donors (Lipinski definition) is 7. The van der Waals surface area contributed by atoms with Crippen LogP contribution in [0.1, 0.15) is 25.2 Å². The van der Waals surface area contributed by atoms with Crippen LogP contribution in [0.4, 0.5) is 46.7 Å². The Balaban J connectivity index is 0.000000151. The van der Waals surface area contributed by atoms with Crippen LogP contribution in [0.25, 0.3) is 32.7 Å². The van der Waals surface area contributed by atoms with Crippen molar-refractivity contribution in [2.24, 2.45) is 0 Å². The minimum atomic E-state index is 0.478. The quantitative estimate of drug-likeness (QED) is 0.0724. The lowest BCUT2D eigenvalue weighted by molar-refractivity contribution is 0.974. The van der Waals surface area contributed by atoms with Crippen molar-refractivity contribution >= 4 is 79.4 Å². The van der Waals surface area contributed by atoms with E-state index in [1.807, 2.05) is 115 Å². The molecule has 0 aliphatic rings. The van der Waals surface area contributed by atoms with E-state index in [-0.39, 0.29) is 0 Å². The first-order chi connectivity index (χ1) is 26.1. The predicted molar refractivity (Wildman–Crippen MR) is 211 cm³/mol. The van der Waals surface area contributed by atoms with E-state index < -0.39 is 0 Å². The maximum absolute atomic E-state index is 4.69. The predicted octanol–water partition coefficient (Wildman–Crippen LogP) is 8.68. The Kier molecular flexibility index (Phi) is 9.21. The zero-order valence-electron chi connectivity index (χ0n) is 29.0. The summed E-state index contributed by atoms with van der Waals surface area (Å²) < 4.78 is 0. The largest absolute Gasteiger partial charge is 0.324 e. The molecule has 0 aliphatic carbocycles. The van der Waals surface area contributed by atoms with Gasteiger partial charge in [0.25, 0.3) is 0 Å². The number of nitrogens with one attached hydrogen (secondary N) is 7. The summed E-state index contributed by atoms with van der Waals surface area (Å²) in [4.78, 5) is 18.5. The molecule has 53 heavy (non-hydrogen) atoms. The smallest absolute Gasteiger partial charge is 0.230 e. The van der Waals surface area contributed by atoms with Gasteiger partial charge in [-0.25, -0.2) is 9.97 Å². The molecule has 0 atom stereocenters. The Morgan fingerprint density at radius 3 is 1.60 bits per heavy atom. The van der Waals surface area contributed by atoms with Crippen LogP contribution in [-0.2, 0) is 12.8 Å². The van der Waals surface area contributed by atoms with Crippen molar-refractivity contribution in [3.05, 3.63) is 127 Å². The summed E-state index contributed by atoms with van der Waals surface area (Å²) >= 11 is 0. The number of anilines is 8. The molecule has 4 aromatic carbocycles. The fraction of sp³-hybridized carbons (Fsp3) is 0.103. The van der Waals surface area contributed by atoms with Crippen LogP contribution in [0, 0.1) is 0 Å². The van der Waals surface area contributed by atoms with Gasteiger partial charge in [-0.2, -0.15) is 25.3 Å². The minimum Gasteiger partial charge on any atom is -0.324 e. The van der Waals surface area contributed by atoms with Gasteiger partial charge >= 0.3 is 0 Å². The van der Waals surface area contributed by atoms with Crippen molar-refractivity contribution in [2.75, 3.05) is 21.3 Å². The third-order valence-corrected chi connectivity index (χ3v) is 8.45. The van der Waals surface area contributed by atoms with Gasteiger partial charge in [-0.05, 0) is 61.4 Å². The number of hydrogen-bond acceptors (Lipinski definition) is 11. The molecule has 0 bridgehead atoms. The highest BCUT2D eigenvalue weighted by molar-refractivity contribution is 5.97. The zero-order valence-corrected chi connectivity index (χ0v) is 29.0. The summed E-state index contributed by atoms with van der Waals surface area (Å²) in [5.74, 6) is 4.56. The molecule has 0 fully saturated rings. The van der Waals surface area contributed by atoms with E-state index in [1.165, 1.54) is 0 Å². The molecule has 0 saturated carbocycles. The Bertz CT molecular complexity index is 2630. The van der Waals surface area contributed by atoms with Crippen LogP contribution in [-0.4, -0.2) is 50.5 Å². The normalized spacial score (nSPS) is 11.0. The monoisotopic (exact) mass is 700 g/mol. The summed E-state index contributed by atoms with van der Waals surface area (Å²) in [7, 11) is 0. The average molecular weight is 701 g/mol. The van der Waals surface area contributed by atoms with Crippen molar-refractivity contribution in [3.63, 3.8) is 0 Å². The van der Waals surface area contributed by atoms with E-state index in [4.69, 9.17) is 4.98 Å². The molecule has 0 saturated heterocycles. The number of aryl methyl sites for hydroxylation is 2. The van der Waals surface area contributed by atoms with Gasteiger partial charge in [0, 0.05) is 45.4 Å². The van der Waals surface area contributed by atoms with Gasteiger partial charge in [0.1, 0.15) is 11.6 Å². The van der Waals surface area contributed by atoms with Crippen LogP contribution < -0.4 is 21.3 Å². The Morgan fingerprint density at radius 1 is 0.453 bits per heavy atom. The van der Waals surface area contributed by atoms with Gasteiger partial charge in [0.2, 0.25) is 11.9 Å². The van der Waals surface area contributed by atoms with Gasteiger partial charge < -0.3 is 21.3 Å². The first-order valence-electron chi connectivity index (χ1n) is 17.3. The van der Waals surface area contributed by atoms with E-state index >= 15 is 0 Å². The van der Waals surface area contributed by atoms with Crippen molar-refractivity contribution in [2.45, 2.75) is 26.7 Å². The average Bonchev–Trinajstić information content (AvgIpc) is 3.96. The number of H-pyrrole nitrogens is 3. The maximum Gasteiger partial charge on any atom is 0.230 e. The molecule has 7 N–H and O–H groups in total. The van der Waals surface area contributed by atoms with E-state index in [0.29, 0.717) is 29.4 Å². The fourth-order valence-electron chi connectivity index (χ4n) is 5.73. The van der Waals surface area contributed by atoms with E-state index in [0.717, 1.165) is 74.3 Å². The molecule has 262 valence electrons. The van der Waals surface area contributed by atoms with E-state index in [9.17, 15) is 0 Å². The highest BCUT2D eigenvalue weighted by atomic mass is 15.3. The van der Waals surface area contributed by atoms with E-state index in [1.54, 1.807) is 0 Å². The molecule has 0 unspecified atom stereocenters. The second-order valence-corrected chi connectivity index (χ2v) is 12.1. The minimum absolute atomic E-state index is 0.478. The Labute approximate surface area is 303 Å². The first-order valence-corrected chi connectivity index (χ1v) is 17.3. The van der Waals surface area contributed by atoms with Crippen molar-refractivity contribution < 1.29 is 0 Å². The summed E-state index contributed by atoms with van der Waals surface area (Å²) in [6.45, 7) is 4.15. The molecule has 5 aromatic heterocycles. The fourth-order valence-corrected chi connectivity index (χ4v) is 5.73. The highest BCUT2D eigenvalue weighted by Gasteiger charge is 2.13. The summed E-state index contributed by atoms with van der Waals surface area (Å²) in [5, 5.41) is 37.9. The number of fused-ring (bicyclic) bond motifs is 3. The number of nitrogens with zero attached hydrogens (tertiary/aromatic N) is 7. The van der Waals surface area contributed by atoms with Crippen molar-refractivity contribution in [1.82, 2.24) is 50.5 Å². The number of benzene rings is 4. The SMILES string of the molecule is CCc1cc(Nc2nc(Nc3cc(CC)[nH]n3)c3ccccc3n2)n[nH]1.c1ccc(Nc2nc(Nc3n[nH]c4ccccc34)c3ccccc3n2)cc1. The van der Waals surface area contributed by atoms with Crippen LogP contribution in [0.15, 0.2) is 115 Å². The molecule has 9 rings (SSSR count). The van der Waals surface area contributed by atoms with Gasteiger partial charge in [-0.1, -0.05) is 68.4 Å². The molecule has 14 heteroatoms. The summed E-state index contributed by atoms with van der Waals surface area (Å²) in [6.07, 6.45) is 1.78. The Morgan fingerprint density at radius 2 is 0.981 bits per heavy atom. The van der Waals surface area contributed by atoms with Crippen molar-refractivity contribution in [3.8, 4) is 0 Å². The van der Waals surface area contributed by atoms with Gasteiger partial charge in [-0.15, -0.1) is 0 Å². The second kappa shape index (κ2) is 14.9. The van der Waals surface area contributed by atoms with Crippen molar-refractivity contribution in [1.29, 1.82) is 0 Å². The number of aromatic nitrogens is 10. The topological polar surface area (TPSA) is 186 Å². The molecule has 0 spiro atoms. The van der Waals surface area contributed by atoms with Crippen LogP contribution >= 0.6 is 0 Å². The van der Waals surface area contributed by atoms with Crippen LogP contribution in [0.3, 0.4) is 0 Å². The lowest BCUT2D eigenvalue weighted by Crippen LogP contribution is -2.02. The van der Waals surface area contributed by atoms with Crippen LogP contribution in [0.5, 0.6) is 0 Å². The second-order valence-electron chi connectivity index (χ2n) is 12.1. The molecule has 14 nitrogen and oxygen atoms in total. The lowest BCUT2D eigenvalue weighted by Gasteiger charge is -2.11. The number of rotatable bonds is 10. The molecular formula is C39H36N14. The zero-order chi connectivity index (χ0) is 36.0. The maximum atomic E-state index is 4.69. The highest BCUT2D eigenvalue weighted by Crippen LogP contribution is 2.29. The molecule has 0 amide bonds. The number of para-hydroxylation sites is 4. The van der Waals surface area contributed by atoms with Gasteiger partial charge in [-0.3, -0.25) is 15.3 Å². The summed E-state index contributed by atoms with van der Waals surface area (Å²) in [5.41, 5.74) is 5.71. The molecule has 5 heterocycles. The van der Waals surface area contributed by atoms with Gasteiger partial charge in [0.15, 0.2) is 17.5 Å². The summed E-state index contributed by atoms with van der Waals surface area (Å²) in [6, 6.07) is 37.6. The molecule has 0 aliphatic heterocycles. The number of aromatic amines is 3. The van der Waals surface area contributed by atoms with E-state index in [2.05, 4.69) is 80.7 Å². The third kappa shape index (κ3) is 7.42. The van der Waals surface area contributed by atoms with Gasteiger partial charge in [0.05, 0.1) is 16.6 Å². The molecular weight excluding hydrogens is 665 g/mol. The standard InChI is InChI=1S/C21H16N6.C18H20N8/c1-2-8-14(9-3-1)22-21-23-17-12-6-4-10-15(17)19(25-21)24-20-16-11-5-7-13-18(16)26-27-20;1-3-11-9-15(25-23-11)20-17-13-7-5-6-8-14(13)19-18(22-17)21-16-10-12(4-2)24-26-16/h1-13H,(H3,22,23,24,25,26,27);5-10H,3-4H2,1-2H3,(H4,19,20,21,22,23,24,25,26). The van der Waals surface area contributed by atoms with Crippen LogP contribution in [0.2, 0.25) is 0 Å². The third-order valence-electron chi connectivity index (χ3n) is 8.45. The first kappa shape index (κ1) is 32.8. The Hall–Kier alpha value is -7.35. The molecule has 0 radical (unpaired) electrons. The molecule has 9 aromatic rings.